The molecule has 3 rings (SSSR count). The van der Waals surface area contributed by atoms with Crippen LogP contribution in [-0.2, 0) is 11.2 Å². The summed E-state index contributed by atoms with van der Waals surface area (Å²) in [5.41, 5.74) is 2.86. The number of carbonyl (C=O) groups is 2. The van der Waals surface area contributed by atoms with Gasteiger partial charge in [-0.3, -0.25) is 9.59 Å². The van der Waals surface area contributed by atoms with E-state index in [1.54, 1.807) is 12.1 Å². The van der Waals surface area contributed by atoms with E-state index in [1.807, 2.05) is 36.5 Å². The van der Waals surface area contributed by atoms with Crippen molar-refractivity contribution in [1.82, 2.24) is 15.6 Å². The highest BCUT2D eigenvalue weighted by Crippen LogP contribution is 2.17. The summed E-state index contributed by atoms with van der Waals surface area (Å²) in [7, 11) is 0. The van der Waals surface area contributed by atoms with Crippen molar-refractivity contribution in [3.05, 3.63) is 70.3 Å². The highest BCUT2D eigenvalue weighted by molar-refractivity contribution is 9.10. The topological polar surface area (TPSA) is 74.0 Å². The van der Waals surface area contributed by atoms with Crippen LogP contribution >= 0.6 is 15.9 Å². The van der Waals surface area contributed by atoms with Crippen LogP contribution < -0.4 is 10.6 Å². The normalized spacial score (nSPS) is 10.7. The third-order valence-corrected chi connectivity index (χ3v) is 4.66. The van der Waals surface area contributed by atoms with E-state index in [9.17, 15) is 9.59 Å². The van der Waals surface area contributed by atoms with Crippen molar-refractivity contribution in [1.29, 1.82) is 0 Å². The molecule has 2 amide bonds. The SMILES string of the molecule is O=C(CCNC(=O)c1ccc(Br)cc1)NCCc1c[nH]c2ccccc12. The number of aromatic amines is 1. The van der Waals surface area contributed by atoms with Crippen molar-refractivity contribution in [3.8, 4) is 0 Å². The molecule has 0 aliphatic heterocycles. The van der Waals surface area contributed by atoms with Crippen LogP contribution in [0.2, 0.25) is 0 Å². The first-order valence-corrected chi connectivity index (χ1v) is 9.28. The molecule has 5 nitrogen and oxygen atoms in total. The smallest absolute Gasteiger partial charge is 0.251 e. The third-order valence-electron chi connectivity index (χ3n) is 4.14. The summed E-state index contributed by atoms with van der Waals surface area (Å²) in [6.07, 6.45) is 3.01. The van der Waals surface area contributed by atoms with Gasteiger partial charge in [-0.2, -0.15) is 0 Å². The second kappa shape index (κ2) is 8.67. The molecule has 0 radical (unpaired) electrons. The number of hydrogen-bond donors (Lipinski definition) is 3. The van der Waals surface area contributed by atoms with Crippen molar-refractivity contribution in [2.45, 2.75) is 12.8 Å². The number of aromatic nitrogens is 1. The second-order valence-electron chi connectivity index (χ2n) is 5.97. The largest absolute Gasteiger partial charge is 0.361 e. The van der Waals surface area contributed by atoms with Gasteiger partial charge in [0.15, 0.2) is 0 Å². The Morgan fingerprint density at radius 1 is 0.962 bits per heavy atom. The summed E-state index contributed by atoms with van der Waals surface area (Å²) in [6.45, 7) is 0.884. The Kier molecular flexibility index (Phi) is 6.07. The van der Waals surface area contributed by atoms with Gasteiger partial charge in [-0.05, 0) is 42.3 Å². The Balaban J connectivity index is 1.38. The van der Waals surface area contributed by atoms with Crippen LogP contribution in [0.1, 0.15) is 22.3 Å². The molecule has 3 aromatic rings. The van der Waals surface area contributed by atoms with Crippen molar-refractivity contribution in [2.75, 3.05) is 13.1 Å². The first kappa shape index (κ1) is 18.2. The van der Waals surface area contributed by atoms with E-state index in [1.165, 1.54) is 10.9 Å². The van der Waals surface area contributed by atoms with E-state index in [0.29, 0.717) is 18.7 Å². The van der Waals surface area contributed by atoms with Crippen molar-refractivity contribution in [2.24, 2.45) is 0 Å². The Morgan fingerprint density at radius 3 is 2.54 bits per heavy atom. The van der Waals surface area contributed by atoms with Crippen LogP contribution in [-0.4, -0.2) is 29.9 Å². The Hall–Kier alpha value is -2.60. The molecule has 0 aliphatic carbocycles. The van der Waals surface area contributed by atoms with Gasteiger partial charge in [-0.25, -0.2) is 0 Å². The standard InChI is InChI=1S/C20H20BrN3O2/c21-16-7-5-14(6-8-16)20(26)23-12-10-19(25)22-11-9-15-13-24-18-4-2-1-3-17(15)18/h1-8,13,24H,9-12H2,(H,22,25)(H,23,26). The number of carbonyl (C=O) groups excluding carboxylic acids is 2. The summed E-state index contributed by atoms with van der Waals surface area (Å²) in [6, 6.07) is 15.2. The first-order chi connectivity index (χ1) is 12.6. The summed E-state index contributed by atoms with van der Waals surface area (Å²) in [5, 5.41) is 6.84. The molecule has 0 spiro atoms. The zero-order valence-electron chi connectivity index (χ0n) is 14.2. The maximum Gasteiger partial charge on any atom is 0.251 e. The summed E-state index contributed by atoms with van der Waals surface area (Å²) >= 11 is 3.33. The average molecular weight is 414 g/mol. The molecule has 2 aromatic carbocycles. The van der Waals surface area contributed by atoms with Gasteiger partial charge in [0.25, 0.3) is 5.91 Å². The van der Waals surface area contributed by atoms with Crippen LogP contribution in [0.3, 0.4) is 0 Å². The fourth-order valence-electron chi connectivity index (χ4n) is 2.76. The lowest BCUT2D eigenvalue weighted by atomic mass is 10.1. The predicted octanol–water partition coefficient (Wildman–Crippen LogP) is 3.41. The van der Waals surface area contributed by atoms with Crippen molar-refractivity contribution >= 4 is 38.6 Å². The molecule has 3 N–H and O–H groups in total. The molecule has 6 heteroatoms. The quantitative estimate of drug-likeness (QED) is 0.555. The van der Waals surface area contributed by atoms with Gasteiger partial charge in [-0.15, -0.1) is 0 Å². The van der Waals surface area contributed by atoms with Crippen LogP contribution in [0.5, 0.6) is 0 Å². The first-order valence-electron chi connectivity index (χ1n) is 8.49. The Bertz CT molecular complexity index is 903. The number of hydrogen-bond acceptors (Lipinski definition) is 2. The van der Waals surface area contributed by atoms with E-state index >= 15 is 0 Å². The van der Waals surface area contributed by atoms with Gasteiger partial charge in [-0.1, -0.05) is 34.1 Å². The zero-order chi connectivity index (χ0) is 18.4. The number of benzene rings is 2. The van der Waals surface area contributed by atoms with Crippen LogP contribution in [0.15, 0.2) is 59.2 Å². The molecule has 0 unspecified atom stereocenters. The minimum atomic E-state index is -0.177. The molecule has 0 saturated carbocycles. The predicted molar refractivity (Wildman–Crippen MR) is 106 cm³/mol. The molecular formula is C20H20BrN3O2. The fourth-order valence-corrected chi connectivity index (χ4v) is 3.02. The minimum Gasteiger partial charge on any atom is -0.361 e. The van der Waals surface area contributed by atoms with E-state index in [4.69, 9.17) is 0 Å². The lowest BCUT2D eigenvalue weighted by molar-refractivity contribution is -0.120. The average Bonchev–Trinajstić information content (AvgIpc) is 3.05. The second-order valence-corrected chi connectivity index (χ2v) is 6.89. The molecule has 1 heterocycles. The number of rotatable bonds is 7. The minimum absolute atomic E-state index is 0.0686. The van der Waals surface area contributed by atoms with Gasteiger partial charge < -0.3 is 15.6 Å². The molecule has 0 bridgehead atoms. The third kappa shape index (κ3) is 4.73. The van der Waals surface area contributed by atoms with Crippen LogP contribution in [0.25, 0.3) is 10.9 Å². The molecule has 0 fully saturated rings. The van der Waals surface area contributed by atoms with Crippen molar-refractivity contribution in [3.63, 3.8) is 0 Å². The molecule has 0 saturated heterocycles. The molecule has 1 aromatic heterocycles. The monoisotopic (exact) mass is 413 g/mol. The van der Waals surface area contributed by atoms with Gasteiger partial charge in [0.05, 0.1) is 0 Å². The van der Waals surface area contributed by atoms with Crippen LogP contribution in [0.4, 0.5) is 0 Å². The lowest BCUT2D eigenvalue weighted by Crippen LogP contribution is -2.31. The highest BCUT2D eigenvalue weighted by atomic mass is 79.9. The lowest BCUT2D eigenvalue weighted by Gasteiger charge is -2.07. The number of para-hydroxylation sites is 1. The van der Waals surface area contributed by atoms with Gasteiger partial charge >= 0.3 is 0 Å². The van der Waals surface area contributed by atoms with E-state index in [2.05, 4.69) is 37.6 Å². The number of fused-ring (bicyclic) bond motifs is 1. The number of halogens is 1. The Morgan fingerprint density at radius 2 is 1.73 bits per heavy atom. The van der Waals surface area contributed by atoms with Crippen LogP contribution in [0, 0.1) is 0 Å². The molecule has 0 atom stereocenters. The zero-order valence-corrected chi connectivity index (χ0v) is 15.8. The summed E-state index contributed by atoms with van der Waals surface area (Å²) in [5.74, 6) is -0.245. The van der Waals surface area contributed by atoms with Gasteiger partial charge in [0.2, 0.25) is 5.91 Å². The maximum absolute atomic E-state index is 12.0. The molecule has 134 valence electrons. The van der Waals surface area contributed by atoms with Crippen molar-refractivity contribution < 1.29 is 9.59 Å². The van der Waals surface area contributed by atoms with Gasteiger partial charge in [0.1, 0.15) is 0 Å². The highest BCUT2D eigenvalue weighted by Gasteiger charge is 2.07. The molecule has 26 heavy (non-hydrogen) atoms. The summed E-state index contributed by atoms with van der Waals surface area (Å²) < 4.78 is 0.920. The number of amides is 2. The Labute approximate surface area is 160 Å². The number of nitrogens with one attached hydrogen (secondary N) is 3. The fraction of sp³-hybridized carbons (Fsp3) is 0.200. The van der Waals surface area contributed by atoms with Gasteiger partial charge in [0, 0.05) is 46.6 Å². The molecular weight excluding hydrogens is 394 g/mol. The number of H-pyrrole nitrogens is 1. The molecule has 0 aliphatic rings. The van der Waals surface area contributed by atoms with E-state index < -0.39 is 0 Å². The maximum atomic E-state index is 12.0. The van der Waals surface area contributed by atoms with E-state index in [0.717, 1.165) is 16.4 Å². The summed E-state index contributed by atoms with van der Waals surface area (Å²) in [4.78, 5) is 27.1. The van der Waals surface area contributed by atoms with E-state index in [-0.39, 0.29) is 18.2 Å².